The maximum Gasteiger partial charge on any atom is 0.134 e. The zero-order valence-corrected chi connectivity index (χ0v) is 9.00. The summed E-state index contributed by atoms with van der Waals surface area (Å²) in [5, 5.41) is 3.28. The molecule has 3 N–H and O–H groups in total. The van der Waals surface area contributed by atoms with Gasteiger partial charge in [0.05, 0.1) is 0 Å². The predicted molar refractivity (Wildman–Crippen MR) is 63.3 cm³/mol. The van der Waals surface area contributed by atoms with Crippen molar-refractivity contribution in [1.82, 2.24) is 4.98 Å². The third-order valence-corrected chi connectivity index (χ3v) is 2.13. The average Bonchev–Trinajstić information content (AvgIpc) is 2.20. The van der Waals surface area contributed by atoms with E-state index < -0.39 is 0 Å². The average molecular weight is 238 g/mol. The van der Waals surface area contributed by atoms with Crippen LogP contribution in [0.3, 0.4) is 0 Å². The summed E-state index contributed by atoms with van der Waals surface area (Å²) in [7, 11) is 0. The number of halogens is 2. The van der Waals surface area contributed by atoms with Crippen LogP contribution in [0.1, 0.15) is 0 Å². The van der Waals surface area contributed by atoms with Gasteiger partial charge in [0.15, 0.2) is 0 Å². The molecule has 1 heterocycles. The van der Waals surface area contributed by atoms with E-state index in [9.17, 15) is 4.39 Å². The zero-order chi connectivity index (χ0) is 11.5. The molecule has 5 heteroatoms. The van der Waals surface area contributed by atoms with Crippen molar-refractivity contribution in [2.24, 2.45) is 0 Å². The maximum absolute atomic E-state index is 12.7. The minimum absolute atomic E-state index is 0.288. The molecule has 0 aliphatic carbocycles. The van der Waals surface area contributed by atoms with Gasteiger partial charge in [0.1, 0.15) is 16.8 Å². The van der Waals surface area contributed by atoms with Gasteiger partial charge in [-0.25, -0.2) is 9.37 Å². The largest absolute Gasteiger partial charge is 0.399 e. The van der Waals surface area contributed by atoms with Crippen molar-refractivity contribution < 1.29 is 4.39 Å². The highest BCUT2D eigenvalue weighted by atomic mass is 35.5. The van der Waals surface area contributed by atoms with Crippen LogP contribution in [0, 0.1) is 5.82 Å². The van der Waals surface area contributed by atoms with Gasteiger partial charge in [-0.2, -0.15) is 0 Å². The number of hydrogen-bond acceptors (Lipinski definition) is 3. The van der Waals surface area contributed by atoms with Crippen LogP contribution in [0.4, 0.5) is 21.6 Å². The Kier molecular flexibility index (Phi) is 2.92. The molecule has 2 aromatic rings. The minimum atomic E-state index is -0.288. The van der Waals surface area contributed by atoms with Gasteiger partial charge in [-0.05, 0) is 30.3 Å². The summed E-state index contributed by atoms with van der Waals surface area (Å²) in [6, 6.07) is 9.13. The number of rotatable bonds is 2. The molecule has 3 nitrogen and oxygen atoms in total. The van der Waals surface area contributed by atoms with E-state index >= 15 is 0 Å². The van der Waals surface area contributed by atoms with Crippen LogP contribution in [-0.4, -0.2) is 4.98 Å². The van der Waals surface area contributed by atoms with Crippen molar-refractivity contribution in [3.05, 3.63) is 47.4 Å². The Hall–Kier alpha value is -1.81. The summed E-state index contributed by atoms with van der Waals surface area (Å²) >= 11 is 5.75. The van der Waals surface area contributed by atoms with Crippen molar-refractivity contribution in [2.45, 2.75) is 0 Å². The third kappa shape index (κ3) is 2.61. The summed E-state index contributed by atoms with van der Waals surface area (Å²) < 4.78 is 12.7. The zero-order valence-electron chi connectivity index (χ0n) is 8.24. The fourth-order valence-electron chi connectivity index (χ4n) is 1.26. The Morgan fingerprint density at radius 1 is 1.19 bits per heavy atom. The fourth-order valence-corrected chi connectivity index (χ4v) is 1.48. The van der Waals surface area contributed by atoms with Crippen LogP contribution in [0.15, 0.2) is 36.4 Å². The predicted octanol–water partition coefficient (Wildman–Crippen LogP) is 3.20. The molecule has 0 saturated heterocycles. The second kappa shape index (κ2) is 4.37. The van der Waals surface area contributed by atoms with Gasteiger partial charge in [-0.1, -0.05) is 11.6 Å². The standard InChI is InChI=1S/C11H9ClFN3/c12-10-5-8(14)6-11(16-10)15-9-3-1-7(13)2-4-9/h1-6H,(H3,14,15,16). The Balaban J connectivity index is 2.23. The second-order valence-electron chi connectivity index (χ2n) is 3.24. The Bertz CT molecular complexity index is 479. The molecule has 0 radical (unpaired) electrons. The maximum atomic E-state index is 12.7. The molecule has 1 aromatic heterocycles. The lowest BCUT2D eigenvalue weighted by Gasteiger charge is -2.06. The SMILES string of the molecule is Nc1cc(Cl)nc(Nc2ccc(F)cc2)c1. The molecule has 0 saturated carbocycles. The highest BCUT2D eigenvalue weighted by molar-refractivity contribution is 6.29. The number of nitrogen functional groups attached to an aromatic ring is 1. The van der Waals surface area contributed by atoms with E-state index in [0.29, 0.717) is 16.7 Å². The Morgan fingerprint density at radius 3 is 2.50 bits per heavy atom. The molecule has 16 heavy (non-hydrogen) atoms. The van der Waals surface area contributed by atoms with Crippen LogP contribution >= 0.6 is 11.6 Å². The Morgan fingerprint density at radius 2 is 1.88 bits per heavy atom. The van der Waals surface area contributed by atoms with E-state index in [1.165, 1.54) is 12.1 Å². The van der Waals surface area contributed by atoms with E-state index in [1.807, 2.05) is 0 Å². The molecule has 2 rings (SSSR count). The van der Waals surface area contributed by atoms with Crippen molar-refractivity contribution >= 4 is 28.8 Å². The molecule has 0 unspecified atom stereocenters. The topological polar surface area (TPSA) is 50.9 Å². The lowest BCUT2D eigenvalue weighted by atomic mass is 10.3. The number of anilines is 3. The first-order chi connectivity index (χ1) is 7.63. The van der Waals surface area contributed by atoms with Gasteiger partial charge in [-0.15, -0.1) is 0 Å². The van der Waals surface area contributed by atoms with Gasteiger partial charge in [-0.3, -0.25) is 0 Å². The van der Waals surface area contributed by atoms with Gasteiger partial charge in [0.25, 0.3) is 0 Å². The molecule has 0 bridgehead atoms. The van der Waals surface area contributed by atoms with E-state index in [4.69, 9.17) is 17.3 Å². The molecular formula is C11H9ClFN3. The molecule has 0 spiro atoms. The highest BCUT2D eigenvalue weighted by Crippen LogP contribution is 2.20. The van der Waals surface area contributed by atoms with Crippen molar-refractivity contribution in [3.8, 4) is 0 Å². The Labute approximate surface area is 97.1 Å². The lowest BCUT2D eigenvalue weighted by molar-refractivity contribution is 0.628. The van der Waals surface area contributed by atoms with Crippen molar-refractivity contribution in [3.63, 3.8) is 0 Å². The molecule has 1 aromatic carbocycles. The quantitative estimate of drug-likeness (QED) is 0.789. The third-order valence-electron chi connectivity index (χ3n) is 1.93. The summed E-state index contributed by atoms with van der Waals surface area (Å²) in [6.45, 7) is 0. The molecule has 0 atom stereocenters. The van der Waals surface area contributed by atoms with Crippen LogP contribution in [-0.2, 0) is 0 Å². The summed E-state index contributed by atoms with van der Waals surface area (Å²) in [5.41, 5.74) is 6.85. The van der Waals surface area contributed by atoms with Crippen LogP contribution in [0.25, 0.3) is 0 Å². The summed E-state index contributed by atoms with van der Waals surface area (Å²) in [5.74, 6) is 0.237. The lowest BCUT2D eigenvalue weighted by Crippen LogP contribution is -1.96. The number of aromatic nitrogens is 1. The molecular weight excluding hydrogens is 229 g/mol. The summed E-state index contributed by atoms with van der Waals surface area (Å²) in [4.78, 5) is 4.03. The number of nitrogens with two attached hydrogens (primary N) is 1. The normalized spacial score (nSPS) is 10.1. The minimum Gasteiger partial charge on any atom is -0.399 e. The molecule has 0 aliphatic heterocycles. The molecule has 0 fully saturated rings. The number of pyridine rings is 1. The van der Waals surface area contributed by atoms with Crippen molar-refractivity contribution in [1.29, 1.82) is 0 Å². The number of benzene rings is 1. The van der Waals surface area contributed by atoms with Gasteiger partial charge < -0.3 is 11.1 Å². The number of nitrogens with one attached hydrogen (secondary N) is 1. The van der Waals surface area contributed by atoms with E-state index in [-0.39, 0.29) is 5.82 Å². The number of nitrogens with zero attached hydrogens (tertiary/aromatic N) is 1. The van der Waals surface area contributed by atoms with Crippen molar-refractivity contribution in [2.75, 3.05) is 11.1 Å². The van der Waals surface area contributed by atoms with E-state index in [1.54, 1.807) is 24.3 Å². The van der Waals surface area contributed by atoms with Gasteiger partial charge >= 0.3 is 0 Å². The van der Waals surface area contributed by atoms with Crippen LogP contribution < -0.4 is 11.1 Å². The van der Waals surface area contributed by atoms with Crippen LogP contribution in [0.2, 0.25) is 5.15 Å². The van der Waals surface area contributed by atoms with Gasteiger partial charge in [0.2, 0.25) is 0 Å². The first kappa shape index (κ1) is 10.7. The monoisotopic (exact) mass is 237 g/mol. The van der Waals surface area contributed by atoms with Gasteiger partial charge in [0, 0.05) is 17.4 Å². The highest BCUT2D eigenvalue weighted by Gasteiger charge is 2.00. The van der Waals surface area contributed by atoms with E-state index in [2.05, 4.69) is 10.3 Å². The van der Waals surface area contributed by atoms with E-state index in [0.717, 1.165) is 5.69 Å². The number of hydrogen-bond donors (Lipinski definition) is 2. The summed E-state index contributed by atoms with van der Waals surface area (Å²) in [6.07, 6.45) is 0. The smallest absolute Gasteiger partial charge is 0.134 e. The molecule has 82 valence electrons. The van der Waals surface area contributed by atoms with Crippen LogP contribution in [0.5, 0.6) is 0 Å². The first-order valence-electron chi connectivity index (χ1n) is 4.59. The second-order valence-corrected chi connectivity index (χ2v) is 3.63. The fraction of sp³-hybridized carbons (Fsp3) is 0. The molecule has 0 amide bonds. The first-order valence-corrected chi connectivity index (χ1v) is 4.97. The molecule has 0 aliphatic rings.